The quantitative estimate of drug-likeness (QED) is 0.337. The number of nitrogens with zero attached hydrogens (tertiary/aromatic N) is 2. The van der Waals surface area contributed by atoms with E-state index in [1.165, 1.54) is 26.9 Å². The molecule has 128 valence electrons. The normalized spacial score (nSPS) is 16.8. The number of hydrogen-bond acceptors (Lipinski definition) is 3. The zero-order valence-corrected chi connectivity index (χ0v) is 14.8. The van der Waals surface area contributed by atoms with Gasteiger partial charge in [-0.25, -0.2) is 4.99 Å². The van der Waals surface area contributed by atoms with Gasteiger partial charge in [-0.15, -0.1) is 0 Å². The Hall–Kier alpha value is -3.46. The van der Waals surface area contributed by atoms with Gasteiger partial charge in [-0.05, 0) is 58.8 Å². The predicted octanol–water partition coefficient (Wildman–Crippen LogP) is 6.11. The molecule has 0 saturated heterocycles. The van der Waals surface area contributed by atoms with Gasteiger partial charge in [0.05, 0.1) is 11.8 Å². The van der Waals surface area contributed by atoms with E-state index in [1.54, 1.807) is 6.34 Å². The number of furan rings is 1. The largest absolute Gasteiger partial charge is 0.456 e. The first kappa shape index (κ1) is 14.7. The molecule has 4 aromatic carbocycles. The van der Waals surface area contributed by atoms with Crippen LogP contribution in [0.2, 0.25) is 0 Å². The van der Waals surface area contributed by atoms with Gasteiger partial charge in [-0.2, -0.15) is 0 Å². The van der Waals surface area contributed by atoms with Gasteiger partial charge in [0, 0.05) is 16.3 Å². The Labute approximate surface area is 155 Å². The number of rotatable bonds is 1. The summed E-state index contributed by atoms with van der Waals surface area (Å²) in [5, 5.41) is 7.28. The van der Waals surface area contributed by atoms with Crippen molar-refractivity contribution < 1.29 is 4.42 Å². The molecular weight excluding hydrogens is 332 g/mol. The van der Waals surface area contributed by atoms with Crippen molar-refractivity contribution in [3.63, 3.8) is 0 Å². The van der Waals surface area contributed by atoms with Crippen LogP contribution < -0.4 is 0 Å². The molecule has 6 rings (SSSR count). The smallest absolute Gasteiger partial charge is 0.136 e. The highest BCUT2D eigenvalue weighted by Gasteiger charge is 2.17. The highest BCUT2D eigenvalue weighted by Crippen LogP contribution is 2.36. The summed E-state index contributed by atoms with van der Waals surface area (Å²) in [6.45, 7) is 2.06. The van der Waals surface area contributed by atoms with Crippen LogP contribution >= 0.6 is 0 Å². The van der Waals surface area contributed by atoms with Crippen LogP contribution in [0.3, 0.4) is 0 Å². The Morgan fingerprint density at radius 2 is 1.63 bits per heavy atom. The van der Waals surface area contributed by atoms with E-state index in [9.17, 15) is 0 Å². The topological polar surface area (TPSA) is 37.9 Å². The highest BCUT2D eigenvalue weighted by atomic mass is 16.3. The van der Waals surface area contributed by atoms with Crippen LogP contribution in [0.4, 0.5) is 0 Å². The van der Waals surface area contributed by atoms with Gasteiger partial charge in [0.2, 0.25) is 0 Å². The van der Waals surface area contributed by atoms with E-state index in [-0.39, 0.29) is 6.04 Å². The minimum absolute atomic E-state index is 0.0963. The van der Waals surface area contributed by atoms with Crippen LogP contribution in [0, 0.1) is 0 Å². The van der Waals surface area contributed by atoms with E-state index in [0.29, 0.717) is 0 Å². The molecule has 2 heterocycles. The van der Waals surface area contributed by atoms with Gasteiger partial charge >= 0.3 is 0 Å². The molecule has 3 nitrogen and oxygen atoms in total. The van der Waals surface area contributed by atoms with E-state index in [4.69, 9.17) is 4.42 Å². The third-order valence-corrected chi connectivity index (χ3v) is 5.50. The third-order valence-electron chi connectivity index (χ3n) is 5.50. The second-order valence-electron chi connectivity index (χ2n) is 7.13. The van der Waals surface area contributed by atoms with Gasteiger partial charge in [-0.1, -0.05) is 36.4 Å². The monoisotopic (exact) mass is 348 g/mol. The van der Waals surface area contributed by atoms with Gasteiger partial charge < -0.3 is 4.42 Å². The first-order chi connectivity index (χ1) is 13.3. The van der Waals surface area contributed by atoms with Crippen LogP contribution in [0.5, 0.6) is 0 Å². The Bertz CT molecular complexity index is 1440. The van der Waals surface area contributed by atoms with Crippen LogP contribution in [0.25, 0.3) is 43.5 Å². The van der Waals surface area contributed by atoms with Crippen molar-refractivity contribution >= 4 is 55.5 Å². The number of hydrogen-bond donors (Lipinski definition) is 0. The first-order valence-corrected chi connectivity index (χ1v) is 9.15. The molecule has 1 aliphatic heterocycles. The summed E-state index contributed by atoms with van der Waals surface area (Å²) < 4.78 is 6.21. The molecule has 3 heteroatoms. The maximum Gasteiger partial charge on any atom is 0.136 e. The van der Waals surface area contributed by atoms with Crippen LogP contribution in [-0.4, -0.2) is 18.1 Å². The molecule has 0 spiro atoms. The minimum atomic E-state index is 0.0963. The Morgan fingerprint density at radius 1 is 0.778 bits per heavy atom. The van der Waals surface area contributed by atoms with Crippen LogP contribution in [0.1, 0.15) is 12.5 Å². The molecule has 27 heavy (non-hydrogen) atoms. The summed E-state index contributed by atoms with van der Waals surface area (Å²) in [4.78, 5) is 8.74. The van der Waals surface area contributed by atoms with Crippen molar-refractivity contribution in [2.24, 2.45) is 9.98 Å². The predicted molar refractivity (Wildman–Crippen MR) is 113 cm³/mol. The summed E-state index contributed by atoms with van der Waals surface area (Å²) in [5.41, 5.74) is 3.88. The zero-order valence-electron chi connectivity index (χ0n) is 14.8. The minimum Gasteiger partial charge on any atom is -0.456 e. The third kappa shape index (κ3) is 2.08. The second kappa shape index (κ2) is 5.27. The molecule has 1 aliphatic rings. The molecule has 0 amide bonds. The fourth-order valence-electron chi connectivity index (χ4n) is 4.14. The summed E-state index contributed by atoms with van der Waals surface area (Å²) in [5.74, 6) is 0. The van der Waals surface area contributed by atoms with Crippen molar-refractivity contribution in [3.8, 4) is 0 Å². The van der Waals surface area contributed by atoms with Gasteiger partial charge in [0.25, 0.3) is 0 Å². The first-order valence-electron chi connectivity index (χ1n) is 9.15. The molecule has 1 unspecified atom stereocenters. The van der Waals surface area contributed by atoms with Crippen molar-refractivity contribution in [3.05, 3.63) is 72.3 Å². The molecule has 0 bridgehead atoms. The van der Waals surface area contributed by atoms with E-state index in [1.807, 2.05) is 0 Å². The second-order valence-corrected chi connectivity index (χ2v) is 7.13. The molecule has 0 saturated carbocycles. The molecule has 0 fully saturated rings. The summed E-state index contributed by atoms with van der Waals surface area (Å²) in [7, 11) is 0. The van der Waals surface area contributed by atoms with E-state index in [2.05, 4.69) is 83.6 Å². The molecule has 0 radical (unpaired) electrons. The van der Waals surface area contributed by atoms with E-state index >= 15 is 0 Å². The van der Waals surface area contributed by atoms with Crippen molar-refractivity contribution in [2.75, 3.05) is 0 Å². The number of fused-ring (bicyclic) bond motifs is 6. The van der Waals surface area contributed by atoms with E-state index < -0.39 is 0 Å². The lowest BCUT2D eigenvalue weighted by molar-refractivity contribution is 0.669. The molecule has 0 N–H and O–H groups in total. The fourth-order valence-corrected chi connectivity index (χ4v) is 4.14. The number of benzene rings is 4. The molecule has 1 aromatic heterocycles. The Kier molecular flexibility index (Phi) is 2.87. The average molecular weight is 348 g/mol. The standard InChI is InChI=1S/C24H16N2O/c1-14-24(26-13-25-14)18-6-8-19-22(12-18)27-21-9-7-17-10-15-4-2-3-5-16(15)11-20(17)23(19)21/h2-14H,1H3. The van der Waals surface area contributed by atoms with Crippen LogP contribution in [0.15, 0.2) is 81.1 Å². The van der Waals surface area contributed by atoms with Crippen molar-refractivity contribution in [2.45, 2.75) is 13.0 Å². The summed E-state index contributed by atoms with van der Waals surface area (Å²) >= 11 is 0. The fraction of sp³-hybridized carbons (Fsp3) is 0.0833. The zero-order chi connectivity index (χ0) is 18.0. The highest BCUT2D eigenvalue weighted by molar-refractivity contribution is 6.22. The van der Waals surface area contributed by atoms with Gasteiger partial charge in [0.1, 0.15) is 17.5 Å². The Morgan fingerprint density at radius 3 is 2.44 bits per heavy atom. The SMILES string of the molecule is CC1N=CN=C1c1ccc2c(c1)oc1ccc3cc4ccccc4cc3c12. The average Bonchev–Trinajstić information content (AvgIpc) is 3.29. The molecular formula is C24H16N2O. The molecule has 1 atom stereocenters. The van der Waals surface area contributed by atoms with Gasteiger partial charge in [-0.3, -0.25) is 4.99 Å². The van der Waals surface area contributed by atoms with Gasteiger partial charge in [0.15, 0.2) is 0 Å². The summed E-state index contributed by atoms with van der Waals surface area (Å²) in [6, 6.07) is 23.7. The van der Waals surface area contributed by atoms with Crippen molar-refractivity contribution in [1.29, 1.82) is 0 Å². The lowest BCUT2D eigenvalue weighted by Crippen LogP contribution is -2.12. The maximum atomic E-state index is 6.21. The summed E-state index contributed by atoms with van der Waals surface area (Å²) in [6.07, 6.45) is 1.64. The number of aliphatic imine (C=N–C) groups is 2. The lowest BCUT2D eigenvalue weighted by Gasteiger charge is -2.05. The van der Waals surface area contributed by atoms with E-state index in [0.717, 1.165) is 27.8 Å². The lowest BCUT2D eigenvalue weighted by atomic mass is 9.98. The maximum absolute atomic E-state index is 6.21. The molecule has 5 aromatic rings. The molecule has 0 aliphatic carbocycles. The van der Waals surface area contributed by atoms with Crippen LogP contribution in [-0.2, 0) is 0 Å². The van der Waals surface area contributed by atoms with Crippen molar-refractivity contribution in [1.82, 2.24) is 0 Å². The Balaban J connectivity index is 1.67.